The van der Waals surface area contributed by atoms with E-state index in [-0.39, 0.29) is 6.61 Å². The molecule has 0 aromatic heterocycles. The van der Waals surface area contributed by atoms with Crippen LogP contribution in [0.15, 0.2) is 0 Å². The van der Waals surface area contributed by atoms with E-state index in [9.17, 15) is 9.90 Å². The summed E-state index contributed by atoms with van der Waals surface area (Å²) >= 11 is 0. The summed E-state index contributed by atoms with van der Waals surface area (Å²) in [4.78, 5) is 11.2. The number of nitrogens with two attached hydrogens (primary N) is 1. The number of rotatable bonds is 5. The van der Waals surface area contributed by atoms with Gasteiger partial charge in [0.2, 0.25) is 0 Å². The first-order valence-corrected chi connectivity index (χ1v) is 4.55. The van der Waals surface area contributed by atoms with Crippen LogP contribution in [-0.4, -0.2) is 42.5 Å². The zero-order valence-electron chi connectivity index (χ0n) is 8.95. The average Bonchev–Trinajstić information content (AvgIpc) is 2.01. The van der Waals surface area contributed by atoms with Gasteiger partial charge in [-0.1, -0.05) is 0 Å². The SMILES string of the molecule is CC(C)(C)OC(=O)C(O)COCCN. The lowest BCUT2D eigenvalue weighted by Gasteiger charge is -2.21. The molecule has 0 rings (SSSR count). The van der Waals surface area contributed by atoms with Gasteiger partial charge in [-0.3, -0.25) is 0 Å². The summed E-state index contributed by atoms with van der Waals surface area (Å²) < 4.78 is 9.83. The molecule has 3 N–H and O–H groups in total. The largest absolute Gasteiger partial charge is 0.458 e. The molecule has 0 aliphatic rings. The maximum atomic E-state index is 11.2. The molecular weight excluding hydrogens is 186 g/mol. The zero-order chi connectivity index (χ0) is 11.2. The highest BCUT2D eigenvalue weighted by Crippen LogP contribution is 2.08. The summed E-state index contributed by atoms with van der Waals surface area (Å²) in [5.41, 5.74) is 4.58. The van der Waals surface area contributed by atoms with E-state index in [1.165, 1.54) is 0 Å². The highest BCUT2D eigenvalue weighted by Gasteiger charge is 2.22. The molecule has 0 bridgehead atoms. The maximum absolute atomic E-state index is 11.2. The van der Waals surface area contributed by atoms with Gasteiger partial charge in [0.25, 0.3) is 0 Å². The molecule has 0 saturated carbocycles. The first-order valence-electron chi connectivity index (χ1n) is 4.55. The van der Waals surface area contributed by atoms with E-state index < -0.39 is 17.7 Å². The Hall–Kier alpha value is -0.650. The van der Waals surface area contributed by atoms with Gasteiger partial charge in [-0.15, -0.1) is 0 Å². The normalized spacial score (nSPS) is 13.8. The molecule has 0 radical (unpaired) electrons. The summed E-state index contributed by atoms with van der Waals surface area (Å²) in [6.45, 7) is 5.81. The van der Waals surface area contributed by atoms with Gasteiger partial charge in [0, 0.05) is 6.54 Å². The number of ether oxygens (including phenoxy) is 2. The van der Waals surface area contributed by atoms with Gasteiger partial charge >= 0.3 is 5.97 Å². The third kappa shape index (κ3) is 6.82. The highest BCUT2D eigenvalue weighted by atomic mass is 16.6. The predicted molar refractivity (Wildman–Crippen MR) is 51.7 cm³/mol. The average molecular weight is 205 g/mol. The molecule has 0 saturated heterocycles. The Morgan fingerprint density at radius 3 is 2.50 bits per heavy atom. The van der Waals surface area contributed by atoms with Crippen LogP contribution < -0.4 is 5.73 Å². The Balaban J connectivity index is 3.77. The molecule has 0 aliphatic carbocycles. The molecule has 0 aliphatic heterocycles. The molecule has 5 nitrogen and oxygen atoms in total. The van der Waals surface area contributed by atoms with Gasteiger partial charge in [0.1, 0.15) is 5.60 Å². The molecule has 5 heteroatoms. The van der Waals surface area contributed by atoms with Crippen molar-refractivity contribution in [1.29, 1.82) is 0 Å². The van der Waals surface area contributed by atoms with Crippen LogP contribution in [0.5, 0.6) is 0 Å². The van der Waals surface area contributed by atoms with Crippen molar-refractivity contribution in [3.63, 3.8) is 0 Å². The molecule has 0 amide bonds. The van der Waals surface area contributed by atoms with Crippen LogP contribution in [0, 0.1) is 0 Å². The first kappa shape index (κ1) is 13.4. The van der Waals surface area contributed by atoms with Crippen LogP contribution >= 0.6 is 0 Å². The van der Waals surface area contributed by atoms with E-state index in [2.05, 4.69) is 0 Å². The van der Waals surface area contributed by atoms with Crippen LogP contribution in [-0.2, 0) is 14.3 Å². The fourth-order valence-electron chi connectivity index (χ4n) is 0.716. The van der Waals surface area contributed by atoms with E-state index in [4.69, 9.17) is 15.2 Å². The Bertz CT molecular complexity index is 176. The van der Waals surface area contributed by atoms with E-state index >= 15 is 0 Å². The van der Waals surface area contributed by atoms with E-state index in [1.807, 2.05) is 0 Å². The third-order valence-corrected chi connectivity index (χ3v) is 1.22. The summed E-state index contributed by atoms with van der Waals surface area (Å²) in [7, 11) is 0. The molecular formula is C9H19NO4. The highest BCUT2D eigenvalue weighted by molar-refractivity contribution is 5.74. The maximum Gasteiger partial charge on any atom is 0.337 e. The summed E-state index contributed by atoms with van der Waals surface area (Å²) in [5, 5.41) is 9.27. The van der Waals surface area contributed by atoms with Crippen molar-refractivity contribution in [1.82, 2.24) is 0 Å². The number of hydrogen-bond acceptors (Lipinski definition) is 5. The third-order valence-electron chi connectivity index (χ3n) is 1.22. The van der Waals surface area contributed by atoms with Gasteiger partial charge < -0.3 is 20.3 Å². The minimum atomic E-state index is -1.24. The van der Waals surface area contributed by atoms with E-state index in [0.29, 0.717) is 13.2 Å². The topological polar surface area (TPSA) is 81.8 Å². The number of aliphatic hydroxyl groups is 1. The number of esters is 1. The second kappa shape index (κ2) is 5.95. The van der Waals surface area contributed by atoms with Gasteiger partial charge in [0.05, 0.1) is 13.2 Å². The van der Waals surface area contributed by atoms with Crippen molar-refractivity contribution in [2.24, 2.45) is 5.73 Å². The summed E-state index contributed by atoms with van der Waals surface area (Å²) in [6, 6.07) is 0. The van der Waals surface area contributed by atoms with Gasteiger partial charge in [0.15, 0.2) is 6.10 Å². The van der Waals surface area contributed by atoms with Crippen molar-refractivity contribution in [2.45, 2.75) is 32.5 Å². The minimum Gasteiger partial charge on any atom is -0.458 e. The lowest BCUT2D eigenvalue weighted by Crippen LogP contribution is -2.34. The van der Waals surface area contributed by atoms with Gasteiger partial charge in [-0.25, -0.2) is 4.79 Å². The molecule has 1 atom stereocenters. The summed E-state index contributed by atoms with van der Waals surface area (Å²) in [5.74, 6) is -0.672. The summed E-state index contributed by atoms with van der Waals surface area (Å²) in [6.07, 6.45) is -1.24. The number of aliphatic hydroxyl groups excluding tert-OH is 1. The predicted octanol–water partition coefficient (Wildman–Crippen LogP) is -0.336. The minimum absolute atomic E-state index is 0.0773. The van der Waals surface area contributed by atoms with Crippen molar-refractivity contribution in [3.8, 4) is 0 Å². The molecule has 84 valence electrons. The first-order chi connectivity index (χ1) is 6.37. The van der Waals surface area contributed by atoms with Crippen molar-refractivity contribution in [2.75, 3.05) is 19.8 Å². The molecule has 0 heterocycles. The molecule has 1 unspecified atom stereocenters. The second-order valence-electron chi connectivity index (χ2n) is 3.91. The fraction of sp³-hybridized carbons (Fsp3) is 0.889. The quantitative estimate of drug-likeness (QED) is 0.474. The van der Waals surface area contributed by atoms with E-state index in [1.54, 1.807) is 20.8 Å². The van der Waals surface area contributed by atoms with Crippen LogP contribution in [0.2, 0.25) is 0 Å². The lowest BCUT2D eigenvalue weighted by molar-refractivity contribution is -0.168. The Morgan fingerprint density at radius 1 is 1.50 bits per heavy atom. The zero-order valence-corrected chi connectivity index (χ0v) is 8.95. The standard InChI is InChI=1S/C9H19NO4/c1-9(2,3)14-8(12)7(11)6-13-5-4-10/h7,11H,4-6,10H2,1-3H3. The molecule has 0 fully saturated rings. The van der Waals surface area contributed by atoms with Crippen molar-refractivity contribution >= 4 is 5.97 Å². The van der Waals surface area contributed by atoms with Gasteiger partial charge in [-0.2, -0.15) is 0 Å². The van der Waals surface area contributed by atoms with Crippen LogP contribution in [0.1, 0.15) is 20.8 Å². The Kier molecular flexibility index (Phi) is 5.68. The molecule has 14 heavy (non-hydrogen) atoms. The number of carbonyl (C=O) groups excluding carboxylic acids is 1. The van der Waals surface area contributed by atoms with Crippen LogP contribution in [0.4, 0.5) is 0 Å². The Labute approximate surface area is 84.2 Å². The fourth-order valence-corrected chi connectivity index (χ4v) is 0.716. The van der Waals surface area contributed by atoms with Crippen LogP contribution in [0.3, 0.4) is 0 Å². The lowest BCUT2D eigenvalue weighted by atomic mass is 10.2. The van der Waals surface area contributed by atoms with Crippen molar-refractivity contribution < 1.29 is 19.4 Å². The second-order valence-corrected chi connectivity index (χ2v) is 3.91. The van der Waals surface area contributed by atoms with E-state index in [0.717, 1.165) is 0 Å². The Morgan fingerprint density at radius 2 is 2.07 bits per heavy atom. The molecule has 0 aromatic carbocycles. The number of hydrogen-bond donors (Lipinski definition) is 2. The smallest absolute Gasteiger partial charge is 0.337 e. The van der Waals surface area contributed by atoms with Gasteiger partial charge in [-0.05, 0) is 20.8 Å². The monoisotopic (exact) mass is 205 g/mol. The van der Waals surface area contributed by atoms with Crippen LogP contribution in [0.25, 0.3) is 0 Å². The molecule has 0 aromatic rings. The number of carbonyl (C=O) groups is 1. The molecule has 0 spiro atoms. The van der Waals surface area contributed by atoms with Crippen molar-refractivity contribution in [3.05, 3.63) is 0 Å².